The van der Waals surface area contributed by atoms with E-state index in [1.807, 2.05) is 24.3 Å². The van der Waals surface area contributed by atoms with Gasteiger partial charge in [0.15, 0.2) is 0 Å². The van der Waals surface area contributed by atoms with E-state index in [4.69, 9.17) is 0 Å². The van der Waals surface area contributed by atoms with Crippen molar-refractivity contribution in [3.63, 3.8) is 0 Å². The second-order valence-corrected chi connectivity index (χ2v) is 7.01. The summed E-state index contributed by atoms with van der Waals surface area (Å²) in [6.07, 6.45) is 1.08. The molecule has 0 saturated carbocycles. The first-order valence-electron chi connectivity index (χ1n) is 8.43. The summed E-state index contributed by atoms with van der Waals surface area (Å²) in [5.74, 6) is 0.868. The molecule has 24 heavy (non-hydrogen) atoms. The van der Waals surface area contributed by atoms with Gasteiger partial charge in [-0.2, -0.15) is 0 Å². The number of amides is 2. The van der Waals surface area contributed by atoms with Crippen LogP contribution >= 0.6 is 0 Å². The summed E-state index contributed by atoms with van der Waals surface area (Å²) in [6, 6.07) is 7.66. The Morgan fingerprint density at radius 1 is 1.42 bits per heavy atom. The van der Waals surface area contributed by atoms with E-state index < -0.39 is 0 Å². The van der Waals surface area contributed by atoms with Gasteiger partial charge in [0.2, 0.25) is 11.8 Å². The Bertz CT molecular complexity index is 719. The van der Waals surface area contributed by atoms with Crippen molar-refractivity contribution < 1.29 is 9.59 Å². The first-order chi connectivity index (χ1) is 11.4. The molecule has 0 aliphatic carbocycles. The topological polar surface area (TPSA) is 78.1 Å². The Morgan fingerprint density at radius 3 is 2.79 bits per heavy atom. The van der Waals surface area contributed by atoms with Crippen LogP contribution in [-0.2, 0) is 9.59 Å². The van der Waals surface area contributed by atoms with Gasteiger partial charge in [0.25, 0.3) is 0 Å². The van der Waals surface area contributed by atoms with Gasteiger partial charge < -0.3 is 15.2 Å². The molecule has 0 bridgehead atoms. The Labute approximate surface area is 141 Å². The van der Waals surface area contributed by atoms with Crippen molar-refractivity contribution >= 4 is 22.8 Å². The van der Waals surface area contributed by atoms with Crippen LogP contribution in [-0.4, -0.2) is 40.3 Å². The van der Waals surface area contributed by atoms with Gasteiger partial charge in [-0.25, -0.2) is 4.98 Å². The standard InChI is InChI=1S/C18H24N4O2/c1-11(2)8-15(17-19-13-6-4-5-7-14(13)20-17)21-18(24)12-9-16(23)22(3)10-12/h4-7,11-12,15H,8-10H2,1-3H3,(H,19,20)(H,21,24)/t12?,15-/m1/s1. The number of hydrogen-bond donors (Lipinski definition) is 2. The number of rotatable bonds is 5. The number of likely N-dealkylation sites (tertiary alicyclic amines) is 1. The van der Waals surface area contributed by atoms with Crippen LogP contribution in [0.4, 0.5) is 0 Å². The quantitative estimate of drug-likeness (QED) is 0.883. The maximum absolute atomic E-state index is 12.6. The number of carbonyl (C=O) groups is 2. The minimum atomic E-state index is -0.276. The first-order valence-corrected chi connectivity index (χ1v) is 8.43. The monoisotopic (exact) mass is 328 g/mol. The molecule has 6 nitrogen and oxygen atoms in total. The lowest BCUT2D eigenvalue weighted by Crippen LogP contribution is -2.36. The van der Waals surface area contributed by atoms with Crippen LogP contribution in [0.1, 0.15) is 38.6 Å². The molecule has 1 fully saturated rings. The number of hydrogen-bond acceptors (Lipinski definition) is 3. The largest absolute Gasteiger partial charge is 0.346 e. The third-order valence-electron chi connectivity index (χ3n) is 4.47. The number of carbonyl (C=O) groups excluding carboxylic acids is 2. The number of imidazole rings is 1. The smallest absolute Gasteiger partial charge is 0.226 e. The van der Waals surface area contributed by atoms with Crippen LogP contribution in [0.15, 0.2) is 24.3 Å². The third kappa shape index (κ3) is 3.42. The number of para-hydroxylation sites is 2. The van der Waals surface area contributed by atoms with Crippen LogP contribution in [0.2, 0.25) is 0 Å². The summed E-state index contributed by atoms with van der Waals surface area (Å²) in [4.78, 5) is 33.8. The van der Waals surface area contributed by atoms with Gasteiger partial charge in [-0.05, 0) is 24.5 Å². The highest BCUT2D eigenvalue weighted by Crippen LogP contribution is 2.24. The summed E-state index contributed by atoms with van der Waals surface area (Å²) >= 11 is 0. The van der Waals surface area contributed by atoms with Crippen LogP contribution in [0.25, 0.3) is 11.0 Å². The predicted molar refractivity (Wildman–Crippen MR) is 92.2 cm³/mol. The summed E-state index contributed by atoms with van der Waals surface area (Å²) in [5, 5.41) is 3.10. The van der Waals surface area contributed by atoms with Gasteiger partial charge in [0.1, 0.15) is 5.82 Å². The highest BCUT2D eigenvalue weighted by molar-refractivity contribution is 5.89. The lowest BCUT2D eigenvalue weighted by atomic mass is 10.0. The molecule has 1 aliphatic rings. The van der Waals surface area contributed by atoms with Gasteiger partial charge in [0.05, 0.1) is 23.0 Å². The molecule has 3 rings (SSSR count). The fourth-order valence-corrected chi connectivity index (χ4v) is 3.18. The van der Waals surface area contributed by atoms with Crippen LogP contribution in [0.3, 0.4) is 0 Å². The minimum Gasteiger partial charge on any atom is -0.346 e. The summed E-state index contributed by atoms with van der Waals surface area (Å²) in [7, 11) is 1.74. The predicted octanol–water partition coefficient (Wildman–Crippen LogP) is 2.24. The number of nitrogens with one attached hydrogen (secondary N) is 2. The number of fused-ring (bicyclic) bond motifs is 1. The molecule has 2 amide bonds. The molecule has 1 saturated heterocycles. The SMILES string of the molecule is CC(C)C[C@@H](NC(=O)C1CC(=O)N(C)C1)c1nc2ccccc2[nH]1. The molecule has 2 N–H and O–H groups in total. The van der Waals surface area contributed by atoms with E-state index in [2.05, 4.69) is 29.1 Å². The second kappa shape index (κ2) is 6.63. The summed E-state index contributed by atoms with van der Waals surface area (Å²) in [6.45, 7) is 4.72. The zero-order chi connectivity index (χ0) is 17.3. The summed E-state index contributed by atoms with van der Waals surface area (Å²) in [5.41, 5.74) is 1.86. The van der Waals surface area contributed by atoms with E-state index in [0.29, 0.717) is 12.5 Å². The van der Waals surface area contributed by atoms with Crippen LogP contribution < -0.4 is 5.32 Å². The highest BCUT2D eigenvalue weighted by Gasteiger charge is 2.33. The molecule has 6 heteroatoms. The van der Waals surface area contributed by atoms with Gasteiger partial charge in [-0.3, -0.25) is 9.59 Å². The maximum atomic E-state index is 12.6. The molecule has 2 aromatic rings. The molecular formula is C18H24N4O2. The molecule has 1 aliphatic heterocycles. The lowest BCUT2D eigenvalue weighted by molar-refractivity contribution is -0.128. The van der Waals surface area contributed by atoms with Crippen molar-refractivity contribution in [3.8, 4) is 0 Å². The molecule has 2 heterocycles. The van der Waals surface area contributed by atoms with E-state index in [0.717, 1.165) is 23.3 Å². The lowest BCUT2D eigenvalue weighted by Gasteiger charge is -2.20. The Kier molecular flexibility index (Phi) is 4.55. The van der Waals surface area contributed by atoms with Crippen molar-refractivity contribution in [2.45, 2.75) is 32.7 Å². The number of aromatic amines is 1. The molecule has 1 aromatic heterocycles. The fourth-order valence-electron chi connectivity index (χ4n) is 3.18. The van der Waals surface area contributed by atoms with E-state index in [9.17, 15) is 9.59 Å². The van der Waals surface area contributed by atoms with Crippen molar-refractivity contribution in [3.05, 3.63) is 30.1 Å². The third-order valence-corrected chi connectivity index (χ3v) is 4.47. The van der Waals surface area contributed by atoms with Crippen molar-refractivity contribution in [2.75, 3.05) is 13.6 Å². The van der Waals surface area contributed by atoms with Gasteiger partial charge >= 0.3 is 0 Å². The Balaban J connectivity index is 1.79. The van der Waals surface area contributed by atoms with Gasteiger partial charge in [-0.15, -0.1) is 0 Å². The van der Waals surface area contributed by atoms with Crippen LogP contribution in [0.5, 0.6) is 0 Å². The van der Waals surface area contributed by atoms with Crippen molar-refractivity contribution in [2.24, 2.45) is 11.8 Å². The number of benzene rings is 1. The van der Waals surface area contributed by atoms with E-state index >= 15 is 0 Å². The van der Waals surface area contributed by atoms with E-state index in [1.165, 1.54) is 0 Å². The second-order valence-electron chi connectivity index (χ2n) is 7.01. The van der Waals surface area contributed by atoms with Crippen molar-refractivity contribution in [1.29, 1.82) is 0 Å². The normalized spacial score (nSPS) is 19.2. The highest BCUT2D eigenvalue weighted by atomic mass is 16.2. The minimum absolute atomic E-state index is 0.0271. The van der Waals surface area contributed by atoms with Gasteiger partial charge in [-0.1, -0.05) is 26.0 Å². The molecule has 0 radical (unpaired) electrons. The Hall–Kier alpha value is -2.37. The zero-order valence-corrected chi connectivity index (χ0v) is 14.4. The zero-order valence-electron chi connectivity index (χ0n) is 14.4. The molecule has 1 unspecified atom stereocenters. The Morgan fingerprint density at radius 2 is 2.17 bits per heavy atom. The van der Waals surface area contributed by atoms with Gasteiger partial charge in [0, 0.05) is 20.0 Å². The molecule has 0 spiro atoms. The van der Waals surface area contributed by atoms with E-state index in [1.54, 1.807) is 11.9 Å². The molecule has 1 aromatic carbocycles. The summed E-state index contributed by atoms with van der Waals surface area (Å²) < 4.78 is 0. The van der Waals surface area contributed by atoms with E-state index in [-0.39, 0.29) is 30.2 Å². The number of nitrogens with zero attached hydrogens (tertiary/aromatic N) is 2. The maximum Gasteiger partial charge on any atom is 0.226 e. The number of H-pyrrole nitrogens is 1. The average molecular weight is 328 g/mol. The number of aromatic nitrogens is 2. The average Bonchev–Trinajstić information content (AvgIpc) is 3.10. The fraction of sp³-hybridized carbons (Fsp3) is 0.500. The molecule has 128 valence electrons. The molecular weight excluding hydrogens is 304 g/mol. The molecule has 2 atom stereocenters. The first kappa shape index (κ1) is 16.5. The van der Waals surface area contributed by atoms with Crippen molar-refractivity contribution in [1.82, 2.24) is 20.2 Å². The van der Waals surface area contributed by atoms with Crippen LogP contribution in [0, 0.1) is 11.8 Å².